The second-order valence-corrected chi connectivity index (χ2v) is 20.1. The average Bonchev–Trinajstić information content (AvgIpc) is 3.72. The topological polar surface area (TPSA) is 187 Å². The van der Waals surface area contributed by atoms with Crippen LogP contribution in [-0.4, -0.2) is 106 Å². The molecule has 6 heterocycles. The molecule has 4 atom stereocenters. The first-order valence-corrected chi connectivity index (χ1v) is 22.9. The molecule has 3 unspecified atom stereocenters. The molecular weight excluding hydrogens is 816 g/mol. The summed E-state index contributed by atoms with van der Waals surface area (Å²) < 4.78 is 30.8. The third-order valence-electron chi connectivity index (χ3n) is 14.4. The van der Waals surface area contributed by atoms with Crippen molar-refractivity contribution >= 4 is 62.8 Å². The minimum atomic E-state index is -1.17. The Morgan fingerprint density at radius 2 is 1.60 bits per heavy atom. The van der Waals surface area contributed by atoms with Gasteiger partial charge in [-0.3, -0.25) is 43.0 Å². The van der Waals surface area contributed by atoms with Gasteiger partial charge in [-0.15, -0.1) is 0 Å². The number of nitrogens with zero attached hydrogens (tertiary/aromatic N) is 6. The van der Waals surface area contributed by atoms with Crippen LogP contribution in [0.1, 0.15) is 104 Å². The van der Waals surface area contributed by atoms with Crippen LogP contribution >= 0.6 is 0 Å². The van der Waals surface area contributed by atoms with Gasteiger partial charge in [-0.05, 0) is 127 Å². The molecule has 62 heavy (non-hydrogen) atoms. The van der Waals surface area contributed by atoms with Crippen molar-refractivity contribution in [2.75, 3.05) is 36.4 Å². The molecule has 5 fully saturated rings. The first-order valence-electron chi connectivity index (χ1n) is 21.7. The summed E-state index contributed by atoms with van der Waals surface area (Å²) in [5.74, 6) is -2.77. The number of imide groups is 2. The maximum Gasteiger partial charge on any atom is 0.262 e. The quantitative estimate of drug-likeness (QED) is 0.210. The molecule has 3 N–H and O–H groups in total. The van der Waals surface area contributed by atoms with Gasteiger partial charge < -0.3 is 20.2 Å². The lowest BCUT2D eigenvalue weighted by Crippen LogP contribution is -2.59. The molecule has 17 heteroatoms. The normalized spacial score (nSPS) is 26.2. The number of pyridine rings is 1. The van der Waals surface area contributed by atoms with E-state index in [2.05, 4.69) is 20.5 Å². The lowest BCUT2D eigenvalue weighted by Gasteiger charge is -2.55. The third kappa shape index (κ3) is 7.11. The fraction of sp³-hybridized carbons (Fsp3) is 0.489. The van der Waals surface area contributed by atoms with Gasteiger partial charge in [-0.25, -0.2) is 9.37 Å². The van der Waals surface area contributed by atoms with Crippen LogP contribution in [0.3, 0.4) is 0 Å². The van der Waals surface area contributed by atoms with Gasteiger partial charge in [0.15, 0.2) is 0 Å². The number of piperidine rings is 2. The van der Waals surface area contributed by atoms with Crippen LogP contribution < -0.4 is 21.1 Å². The van der Waals surface area contributed by atoms with E-state index in [0.717, 1.165) is 79.6 Å². The van der Waals surface area contributed by atoms with Gasteiger partial charge in [-0.2, -0.15) is 4.98 Å². The van der Waals surface area contributed by atoms with Crippen LogP contribution in [0.15, 0.2) is 64.4 Å². The monoisotopic (exact) mass is 864 g/mol. The minimum absolute atomic E-state index is 0.0155. The number of likely N-dealkylation sites (tertiary alicyclic amines) is 1. The maximum absolute atomic E-state index is 15.5. The summed E-state index contributed by atoms with van der Waals surface area (Å²) in [7, 11) is -1.17. The minimum Gasteiger partial charge on any atom is -0.388 e. The number of fused-ring (bicyclic) bond motifs is 2. The van der Waals surface area contributed by atoms with Crippen LogP contribution in [0, 0.1) is 11.2 Å². The molecule has 1 spiro atoms. The first-order chi connectivity index (χ1) is 29.8. The van der Waals surface area contributed by atoms with Crippen molar-refractivity contribution in [2.24, 2.45) is 5.41 Å². The Kier molecular flexibility index (Phi) is 10.1. The molecule has 324 valence electrons. The van der Waals surface area contributed by atoms with Crippen LogP contribution in [0.25, 0.3) is 11.0 Å². The predicted octanol–water partition coefficient (Wildman–Crippen LogP) is 4.57. The molecular formula is C45H49FN8O7S. The van der Waals surface area contributed by atoms with Crippen molar-refractivity contribution in [3.63, 3.8) is 0 Å². The summed E-state index contributed by atoms with van der Waals surface area (Å²) in [5.41, 5.74) is 0.350. The van der Waals surface area contributed by atoms with E-state index in [4.69, 9.17) is 4.98 Å². The molecule has 6 aliphatic rings. The van der Waals surface area contributed by atoms with Crippen molar-refractivity contribution < 1.29 is 32.9 Å². The second-order valence-electron chi connectivity index (χ2n) is 18.3. The first kappa shape index (κ1) is 40.7. The van der Waals surface area contributed by atoms with Crippen molar-refractivity contribution in [1.82, 2.24) is 29.7 Å². The highest BCUT2D eigenvalue weighted by atomic mass is 32.2. The number of rotatable bonds is 8. The van der Waals surface area contributed by atoms with Crippen molar-refractivity contribution in [3.8, 4) is 0 Å². The highest BCUT2D eigenvalue weighted by molar-refractivity contribution is 7.85. The molecule has 0 bridgehead atoms. The number of amides is 4. The summed E-state index contributed by atoms with van der Waals surface area (Å²) in [6.45, 7) is 4.84. The molecule has 4 aromatic rings. The molecule has 2 saturated carbocycles. The van der Waals surface area contributed by atoms with Gasteiger partial charge >= 0.3 is 0 Å². The Morgan fingerprint density at radius 3 is 2.27 bits per heavy atom. The highest BCUT2D eigenvalue weighted by Gasteiger charge is 2.49. The number of nitrogens with one attached hydrogen (secondary N) is 2. The van der Waals surface area contributed by atoms with Crippen LogP contribution in [0.5, 0.6) is 0 Å². The fourth-order valence-electron chi connectivity index (χ4n) is 10.9. The van der Waals surface area contributed by atoms with Crippen LogP contribution in [0.4, 0.5) is 21.7 Å². The second kappa shape index (κ2) is 15.4. The molecule has 15 nitrogen and oxygen atoms in total. The average molecular weight is 865 g/mol. The van der Waals surface area contributed by atoms with Gasteiger partial charge in [0.25, 0.3) is 17.4 Å². The molecule has 4 aliphatic heterocycles. The lowest BCUT2D eigenvalue weighted by atomic mass is 9.67. The largest absolute Gasteiger partial charge is 0.388 e. The number of carbonyl (C=O) groups excluding carboxylic acids is 4. The van der Waals surface area contributed by atoms with E-state index in [0.29, 0.717) is 49.0 Å². The Hall–Kier alpha value is -5.39. The molecule has 2 aromatic carbocycles. The molecule has 4 amide bonds. The number of hydrogen-bond acceptors (Lipinski definition) is 12. The predicted molar refractivity (Wildman–Crippen MR) is 228 cm³/mol. The van der Waals surface area contributed by atoms with E-state index in [1.807, 2.05) is 29.2 Å². The Balaban J connectivity index is 0.712. The molecule has 2 aromatic heterocycles. The van der Waals surface area contributed by atoms with Crippen LogP contribution in [-0.2, 0) is 20.4 Å². The number of halogens is 1. The van der Waals surface area contributed by atoms with E-state index in [1.54, 1.807) is 23.8 Å². The maximum atomic E-state index is 15.5. The van der Waals surface area contributed by atoms with Gasteiger partial charge in [0, 0.05) is 64.4 Å². The summed E-state index contributed by atoms with van der Waals surface area (Å²) >= 11 is 0. The number of benzene rings is 2. The summed E-state index contributed by atoms with van der Waals surface area (Å²) in [6, 6.07) is 12.2. The number of aromatic nitrogens is 3. The molecule has 0 radical (unpaired) electrons. The smallest absolute Gasteiger partial charge is 0.262 e. The zero-order chi connectivity index (χ0) is 43.1. The number of carbonyl (C=O) groups is 4. The van der Waals surface area contributed by atoms with E-state index in [-0.39, 0.29) is 51.9 Å². The molecule has 2 aliphatic carbocycles. The number of aliphatic hydroxyl groups is 1. The molecule has 3 saturated heterocycles. The van der Waals surface area contributed by atoms with E-state index < -0.39 is 51.9 Å². The SMILES string of the molecule is C[C@@]1(O)CCCC1n1c(=O)ccc2cnc(Nc3ccc(S(=O)C4CCN(C5CCC6(CC5)CN(c5cc7c(cc5F)C(=O)N(C5CCC(=O)NC5=O)C7=O)C6)CC4)cc3)nc21. The zero-order valence-electron chi connectivity index (χ0n) is 34.5. The summed E-state index contributed by atoms with van der Waals surface area (Å²) in [5, 5.41) is 17.2. The van der Waals surface area contributed by atoms with Gasteiger partial charge in [0.2, 0.25) is 17.8 Å². The van der Waals surface area contributed by atoms with Crippen molar-refractivity contribution in [3.05, 3.63) is 82.0 Å². The van der Waals surface area contributed by atoms with E-state index in [1.165, 1.54) is 12.1 Å². The number of hydrogen-bond donors (Lipinski definition) is 3. The fourth-order valence-corrected chi connectivity index (χ4v) is 12.4. The van der Waals surface area contributed by atoms with Gasteiger partial charge in [-0.1, -0.05) is 0 Å². The third-order valence-corrected chi connectivity index (χ3v) is 16.2. The van der Waals surface area contributed by atoms with Crippen molar-refractivity contribution in [1.29, 1.82) is 0 Å². The lowest BCUT2D eigenvalue weighted by molar-refractivity contribution is -0.136. The van der Waals surface area contributed by atoms with Crippen LogP contribution in [0.2, 0.25) is 0 Å². The van der Waals surface area contributed by atoms with E-state index >= 15 is 4.39 Å². The summed E-state index contributed by atoms with van der Waals surface area (Å²) in [6.07, 6.45) is 9.58. The standard InChI is InChI=1S/C45H49FN8O7S/c1-44(60)16-2-3-36(44)54-38(56)11-4-26-23-47-43(50-39(26)54)48-27-5-7-29(8-6-27)62(61)30-14-19-51(20-15-30)28-12-17-45(18-13-28)24-52(25-45)35-22-32-31(21-33(35)46)41(58)53(42(32)59)34-9-10-37(55)49-40(34)57/h4-8,11,21-23,28,30,34,36,60H,2-3,9-10,12-20,24-25H2,1H3,(H,47,48,50)(H,49,55,57)/t34?,36?,44-,62?/m1/s1. The summed E-state index contributed by atoms with van der Waals surface area (Å²) in [4.78, 5) is 78.8. The van der Waals surface area contributed by atoms with Crippen molar-refractivity contribution in [2.45, 2.75) is 111 Å². The highest BCUT2D eigenvalue weighted by Crippen LogP contribution is 2.48. The molecule has 10 rings (SSSR count). The van der Waals surface area contributed by atoms with Gasteiger partial charge in [0.05, 0.1) is 39.3 Å². The van der Waals surface area contributed by atoms with E-state index in [9.17, 15) is 33.3 Å². The number of anilines is 3. The Bertz CT molecular complexity index is 2590. The zero-order valence-corrected chi connectivity index (χ0v) is 35.3. The van der Waals surface area contributed by atoms with Gasteiger partial charge in [0.1, 0.15) is 17.5 Å². The Morgan fingerprint density at radius 1 is 0.887 bits per heavy atom. The Labute approximate surface area is 359 Å².